The van der Waals surface area contributed by atoms with Crippen molar-refractivity contribution in [2.75, 3.05) is 7.05 Å². The monoisotopic (exact) mass is 340 g/mol. The number of nitrogens with zero attached hydrogens (tertiary/aromatic N) is 4. The summed E-state index contributed by atoms with van der Waals surface area (Å²) in [5.74, 6) is -0.0257. The molecule has 0 aliphatic carbocycles. The molecule has 0 saturated carbocycles. The highest BCUT2D eigenvalue weighted by molar-refractivity contribution is 6.30. The molecule has 2 aromatic carbocycles. The highest BCUT2D eigenvalue weighted by atomic mass is 35.5. The van der Waals surface area contributed by atoms with Gasteiger partial charge in [-0.3, -0.25) is 4.79 Å². The average molecular weight is 341 g/mol. The van der Waals surface area contributed by atoms with Crippen molar-refractivity contribution in [3.05, 3.63) is 82.9 Å². The molecule has 1 heterocycles. The van der Waals surface area contributed by atoms with Crippen molar-refractivity contribution in [2.24, 2.45) is 0 Å². The molecule has 1 aromatic heterocycles. The van der Waals surface area contributed by atoms with Gasteiger partial charge in [0.25, 0.3) is 5.91 Å². The third-order valence-corrected chi connectivity index (χ3v) is 3.90. The maximum absolute atomic E-state index is 12.5. The second-order valence-corrected chi connectivity index (χ2v) is 6.02. The minimum absolute atomic E-state index is 0.0257. The van der Waals surface area contributed by atoms with Gasteiger partial charge in [-0.05, 0) is 35.4 Å². The van der Waals surface area contributed by atoms with Crippen LogP contribution in [-0.2, 0) is 13.1 Å². The topological polar surface area (TPSA) is 51.0 Å². The molecule has 1 amide bonds. The number of benzene rings is 2. The Balaban J connectivity index is 1.65. The first-order chi connectivity index (χ1) is 11.6. The maximum Gasteiger partial charge on any atom is 0.253 e. The minimum Gasteiger partial charge on any atom is -0.337 e. The maximum atomic E-state index is 12.5. The quantitative estimate of drug-likeness (QED) is 0.716. The van der Waals surface area contributed by atoms with Gasteiger partial charge in [-0.2, -0.15) is 5.10 Å². The normalized spacial score (nSPS) is 10.6. The van der Waals surface area contributed by atoms with Crippen molar-refractivity contribution < 1.29 is 4.79 Å². The molecule has 24 heavy (non-hydrogen) atoms. The Hall–Kier alpha value is -2.66. The molecule has 0 saturated heterocycles. The van der Waals surface area contributed by atoms with Gasteiger partial charge in [-0.1, -0.05) is 35.9 Å². The molecule has 122 valence electrons. The third kappa shape index (κ3) is 4.00. The molecule has 0 atom stereocenters. The Kier molecular flexibility index (Phi) is 4.91. The van der Waals surface area contributed by atoms with E-state index in [0.29, 0.717) is 23.7 Å². The lowest BCUT2D eigenvalue weighted by Crippen LogP contribution is -2.26. The molecule has 3 aromatic rings. The molecule has 5 nitrogen and oxygen atoms in total. The van der Waals surface area contributed by atoms with E-state index in [2.05, 4.69) is 10.1 Å². The number of carbonyl (C=O) groups is 1. The zero-order valence-corrected chi connectivity index (χ0v) is 14.0. The van der Waals surface area contributed by atoms with E-state index in [1.165, 1.54) is 6.33 Å². The van der Waals surface area contributed by atoms with Gasteiger partial charge in [0, 0.05) is 24.2 Å². The lowest BCUT2D eigenvalue weighted by molar-refractivity contribution is 0.0785. The van der Waals surface area contributed by atoms with E-state index in [4.69, 9.17) is 11.6 Å². The molecule has 0 fully saturated rings. The molecule has 0 spiro atoms. The van der Waals surface area contributed by atoms with Gasteiger partial charge in [0.15, 0.2) is 0 Å². The van der Waals surface area contributed by atoms with Gasteiger partial charge >= 0.3 is 0 Å². The van der Waals surface area contributed by atoms with Gasteiger partial charge < -0.3 is 4.90 Å². The number of rotatable bonds is 5. The van der Waals surface area contributed by atoms with Crippen LogP contribution < -0.4 is 0 Å². The van der Waals surface area contributed by atoms with E-state index in [0.717, 1.165) is 11.1 Å². The van der Waals surface area contributed by atoms with Crippen molar-refractivity contribution in [3.8, 4) is 0 Å². The molecule has 0 radical (unpaired) electrons. The fourth-order valence-corrected chi connectivity index (χ4v) is 2.67. The van der Waals surface area contributed by atoms with Gasteiger partial charge in [0.05, 0.1) is 6.54 Å². The van der Waals surface area contributed by atoms with E-state index < -0.39 is 0 Å². The molecule has 6 heteroatoms. The zero-order valence-electron chi connectivity index (χ0n) is 13.3. The fourth-order valence-electron chi connectivity index (χ4n) is 2.46. The first-order valence-electron chi connectivity index (χ1n) is 7.53. The van der Waals surface area contributed by atoms with Crippen molar-refractivity contribution in [1.82, 2.24) is 19.7 Å². The highest BCUT2D eigenvalue weighted by Crippen LogP contribution is 2.14. The first-order valence-corrected chi connectivity index (χ1v) is 7.91. The summed E-state index contributed by atoms with van der Waals surface area (Å²) in [6.45, 7) is 1.15. The summed E-state index contributed by atoms with van der Waals surface area (Å²) in [4.78, 5) is 18.1. The molecular weight excluding hydrogens is 324 g/mol. The summed E-state index contributed by atoms with van der Waals surface area (Å²) in [5.41, 5.74) is 2.72. The third-order valence-electron chi connectivity index (χ3n) is 3.67. The van der Waals surface area contributed by atoms with Crippen LogP contribution in [0.1, 0.15) is 21.5 Å². The Morgan fingerprint density at radius 3 is 2.62 bits per heavy atom. The van der Waals surface area contributed by atoms with Crippen LogP contribution in [-0.4, -0.2) is 32.6 Å². The van der Waals surface area contributed by atoms with Crippen LogP contribution in [0.25, 0.3) is 0 Å². The van der Waals surface area contributed by atoms with Crippen LogP contribution in [0, 0.1) is 0 Å². The van der Waals surface area contributed by atoms with Crippen LogP contribution in [0.3, 0.4) is 0 Å². The minimum atomic E-state index is -0.0257. The van der Waals surface area contributed by atoms with Crippen LogP contribution in [0.4, 0.5) is 0 Å². The Labute approximate surface area is 145 Å². The summed E-state index contributed by atoms with van der Waals surface area (Å²) in [7, 11) is 1.78. The van der Waals surface area contributed by atoms with E-state index in [-0.39, 0.29) is 5.91 Å². The molecule has 0 N–H and O–H groups in total. The first kappa shape index (κ1) is 16.2. The predicted molar refractivity (Wildman–Crippen MR) is 92.8 cm³/mol. The van der Waals surface area contributed by atoms with Crippen molar-refractivity contribution in [2.45, 2.75) is 13.1 Å². The molecular formula is C18H17ClN4O. The van der Waals surface area contributed by atoms with Gasteiger partial charge in [0.1, 0.15) is 12.7 Å². The number of hydrogen-bond donors (Lipinski definition) is 0. The zero-order chi connectivity index (χ0) is 16.9. The van der Waals surface area contributed by atoms with Crippen molar-refractivity contribution in [1.29, 1.82) is 0 Å². The fraction of sp³-hybridized carbons (Fsp3) is 0.167. The number of amides is 1. The van der Waals surface area contributed by atoms with Crippen molar-refractivity contribution >= 4 is 17.5 Å². The molecule has 0 bridgehead atoms. The van der Waals surface area contributed by atoms with Gasteiger partial charge in [-0.15, -0.1) is 0 Å². The van der Waals surface area contributed by atoms with E-state index in [9.17, 15) is 4.79 Å². The van der Waals surface area contributed by atoms with Crippen LogP contribution in [0.2, 0.25) is 5.02 Å². The number of hydrogen-bond acceptors (Lipinski definition) is 3. The smallest absolute Gasteiger partial charge is 0.253 e. The summed E-state index contributed by atoms with van der Waals surface area (Å²) in [6, 6.07) is 15.1. The van der Waals surface area contributed by atoms with Crippen LogP contribution in [0.15, 0.2) is 61.2 Å². The summed E-state index contributed by atoms with van der Waals surface area (Å²) >= 11 is 5.99. The molecule has 3 rings (SSSR count). The largest absolute Gasteiger partial charge is 0.337 e. The van der Waals surface area contributed by atoms with Crippen LogP contribution in [0.5, 0.6) is 0 Å². The van der Waals surface area contributed by atoms with E-state index in [1.807, 2.05) is 48.5 Å². The Bertz CT molecular complexity index is 815. The summed E-state index contributed by atoms with van der Waals surface area (Å²) in [6.07, 6.45) is 3.17. The second-order valence-electron chi connectivity index (χ2n) is 5.58. The molecule has 0 aliphatic rings. The standard InChI is InChI=1S/C18H17ClN4O/c1-22(10-15-3-2-4-17(19)9-15)18(24)16-7-5-14(6-8-16)11-23-13-20-12-21-23/h2-9,12-13H,10-11H2,1H3. The highest BCUT2D eigenvalue weighted by Gasteiger charge is 2.12. The average Bonchev–Trinajstić information content (AvgIpc) is 3.08. The molecule has 0 unspecified atom stereocenters. The Morgan fingerprint density at radius 2 is 1.96 bits per heavy atom. The van der Waals surface area contributed by atoms with Crippen LogP contribution >= 0.6 is 11.6 Å². The number of carbonyl (C=O) groups excluding carboxylic acids is 1. The number of halogens is 1. The molecule has 0 aliphatic heterocycles. The lowest BCUT2D eigenvalue weighted by atomic mass is 10.1. The number of aromatic nitrogens is 3. The predicted octanol–water partition coefficient (Wildman–Crippen LogP) is 3.25. The van der Waals surface area contributed by atoms with E-state index >= 15 is 0 Å². The lowest BCUT2D eigenvalue weighted by Gasteiger charge is -2.17. The SMILES string of the molecule is CN(Cc1cccc(Cl)c1)C(=O)c1ccc(Cn2cncn2)cc1. The van der Waals surface area contributed by atoms with E-state index in [1.54, 1.807) is 23.0 Å². The van der Waals surface area contributed by atoms with Gasteiger partial charge in [-0.25, -0.2) is 9.67 Å². The second kappa shape index (κ2) is 7.27. The van der Waals surface area contributed by atoms with Crippen molar-refractivity contribution in [3.63, 3.8) is 0 Å². The summed E-state index contributed by atoms with van der Waals surface area (Å²) < 4.78 is 1.74. The Morgan fingerprint density at radius 1 is 1.17 bits per heavy atom. The van der Waals surface area contributed by atoms with Gasteiger partial charge in [0.2, 0.25) is 0 Å². The summed E-state index contributed by atoms with van der Waals surface area (Å²) in [5, 5.41) is 4.74.